The van der Waals surface area contributed by atoms with E-state index in [2.05, 4.69) is 27.3 Å². The summed E-state index contributed by atoms with van der Waals surface area (Å²) in [6.07, 6.45) is 2.42. The van der Waals surface area contributed by atoms with Gasteiger partial charge in [-0.3, -0.25) is 9.59 Å². The number of carbonyl (C=O) groups excluding carboxylic acids is 1. The van der Waals surface area contributed by atoms with Crippen LogP contribution in [0.2, 0.25) is 0 Å². The lowest BCUT2D eigenvalue weighted by atomic mass is 9.93. The summed E-state index contributed by atoms with van der Waals surface area (Å²) in [5, 5.41) is 3.66. The van der Waals surface area contributed by atoms with Crippen molar-refractivity contribution in [1.82, 2.24) is 10.3 Å². The smallest absolute Gasteiger partial charge is 0.255 e. The van der Waals surface area contributed by atoms with Gasteiger partial charge in [0.05, 0.1) is 16.6 Å². The predicted octanol–water partition coefficient (Wildman–Crippen LogP) is 5.09. The largest absolute Gasteiger partial charge is 0.372 e. The van der Waals surface area contributed by atoms with Crippen LogP contribution in [0.5, 0.6) is 0 Å². The molecule has 33 heavy (non-hydrogen) atoms. The molecule has 5 nitrogen and oxygen atoms in total. The number of benzene rings is 3. The predicted molar refractivity (Wildman–Crippen MR) is 130 cm³/mol. The van der Waals surface area contributed by atoms with Crippen LogP contribution in [0.4, 0.5) is 10.1 Å². The minimum Gasteiger partial charge on any atom is -0.372 e. The maximum Gasteiger partial charge on any atom is 0.255 e. The topological polar surface area (TPSA) is 65.2 Å². The van der Waals surface area contributed by atoms with Crippen LogP contribution in [0.15, 0.2) is 65.5 Å². The lowest BCUT2D eigenvalue weighted by Gasteiger charge is -2.28. The van der Waals surface area contributed by atoms with Crippen molar-refractivity contribution >= 4 is 33.4 Å². The maximum absolute atomic E-state index is 14.9. The highest BCUT2D eigenvalue weighted by Crippen LogP contribution is 2.27. The standard InChI is InChI=1S/C27H26FN3O2/c1-27(2,17-9-11-18(12-10-17)31-13-5-6-14-31)30-26(33)20-16-24-21(15-22(20)28)25(32)19-7-3-4-8-23(19)29-24/h3-4,7-12,15-16H,5-6,13-14H2,1-2H3,(H,29,32)(H,30,33). The second-order valence-electron chi connectivity index (χ2n) is 9.20. The van der Waals surface area contributed by atoms with Gasteiger partial charge in [0.1, 0.15) is 5.82 Å². The van der Waals surface area contributed by atoms with E-state index in [0.717, 1.165) is 24.7 Å². The Morgan fingerprint density at radius 3 is 2.39 bits per heavy atom. The number of anilines is 1. The Morgan fingerprint density at radius 2 is 1.67 bits per heavy atom. The first-order chi connectivity index (χ1) is 15.8. The summed E-state index contributed by atoms with van der Waals surface area (Å²) in [7, 11) is 0. The number of amides is 1. The van der Waals surface area contributed by atoms with Crippen LogP contribution in [0, 0.1) is 5.82 Å². The van der Waals surface area contributed by atoms with Crippen LogP contribution in [0.25, 0.3) is 21.8 Å². The minimum atomic E-state index is -0.721. The summed E-state index contributed by atoms with van der Waals surface area (Å²) in [6, 6.07) is 17.8. The monoisotopic (exact) mass is 443 g/mol. The molecule has 4 aromatic rings. The number of nitrogens with zero attached hydrogens (tertiary/aromatic N) is 1. The number of aromatic nitrogens is 1. The van der Waals surface area contributed by atoms with Crippen molar-refractivity contribution < 1.29 is 9.18 Å². The number of hydrogen-bond acceptors (Lipinski definition) is 3. The summed E-state index contributed by atoms with van der Waals surface area (Å²) in [4.78, 5) is 31.3. The van der Waals surface area contributed by atoms with Gasteiger partial charge in [-0.05, 0) is 68.7 Å². The molecule has 168 valence electrons. The van der Waals surface area contributed by atoms with Crippen molar-refractivity contribution in [2.75, 3.05) is 18.0 Å². The number of fused-ring (bicyclic) bond motifs is 2. The van der Waals surface area contributed by atoms with Gasteiger partial charge in [-0.15, -0.1) is 0 Å². The molecule has 0 spiro atoms. The van der Waals surface area contributed by atoms with Crippen LogP contribution in [0.3, 0.4) is 0 Å². The van der Waals surface area contributed by atoms with Crippen molar-refractivity contribution in [2.45, 2.75) is 32.2 Å². The summed E-state index contributed by atoms with van der Waals surface area (Å²) in [6.45, 7) is 5.92. The Labute approximate surface area is 191 Å². The summed E-state index contributed by atoms with van der Waals surface area (Å²) in [5.41, 5.74) is 2.11. The molecule has 1 aliphatic heterocycles. The molecular weight excluding hydrogens is 417 g/mol. The number of carbonyl (C=O) groups is 1. The molecule has 1 amide bonds. The van der Waals surface area contributed by atoms with E-state index in [0.29, 0.717) is 16.4 Å². The van der Waals surface area contributed by atoms with Gasteiger partial charge in [0.2, 0.25) is 0 Å². The quantitative estimate of drug-likeness (QED) is 0.432. The highest BCUT2D eigenvalue weighted by Gasteiger charge is 2.26. The van der Waals surface area contributed by atoms with Gasteiger partial charge in [-0.1, -0.05) is 24.3 Å². The third kappa shape index (κ3) is 3.86. The van der Waals surface area contributed by atoms with Gasteiger partial charge in [0.25, 0.3) is 5.91 Å². The number of H-pyrrole nitrogens is 1. The zero-order valence-electron chi connectivity index (χ0n) is 18.7. The van der Waals surface area contributed by atoms with Crippen molar-refractivity contribution in [2.24, 2.45) is 0 Å². The summed E-state index contributed by atoms with van der Waals surface area (Å²) < 4.78 is 14.9. The van der Waals surface area contributed by atoms with Crippen molar-refractivity contribution in [3.8, 4) is 0 Å². The van der Waals surface area contributed by atoms with E-state index in [1.165, 1.54) is 24.6 Å². The second-order valence-corrected chi connectivity index (χ2v) is 9.20. The molecule has 0 saturated carbocycles. The van der Waals surface area contributed by atoms with Crippen molar-refractivity contribution in [3.63, 3.8) is 0 Å². The molecule has 1 aliphatic rings. The number of hydrogen-bond donors (Lipinski definition) is 2. The fourth-order valence-corrected chi connectivity index (χ4v) is 4.61. The molecule has 2 N–H and O–H groups in total. The van der Waals surface area contributed by atoms with Crippen LogP contribution >= 0.6 is 0 Å². The van der Waals surface area contributed by atoms with E-state index in [4.69, 9.17) is 0 Å². The van der Waals surface area contributed by atoms with Gasteiger partial charge in [-0.25, -0.2) is 4.39 Å². The molecule has 0 unspecified atom stereocenters. The highest BCUT2D eigenvalue weighted by molar-refractivity contribution is 6.00. The van der Waals surface area contributed by atoms with Crippen molar-refractivity contribution in [3.05, 3.63) is 87.8 Å². The average Bonchev–Trinajstić information content (AvgIpc) is 3.34. The van der Waals surface area contributed by atoms with Crippen LogP contribution in [-0.2, 0) is 5.54 Å². The van der Waals surface area contributed by atoms with Crippen molar-refractivity contribution in [1.29, 1.82) is 0 Å². The minimum absolute atomic E-state index is 0.102. The number of aromatic amines is 1. The zero-order chi connectivity index (χ0) is 23.2. The van der Waals surface area contributed by atoms with E-state index in [1.807, 2.05) is 32.0 Å². The number of pyridine rings is 1. The molecule has 1 fully saturated rings. The number of rotatable bonds is 4. The maximum atomic E-state index is 14.9. The summed E-state index contributed by atoms with van der Waals surface area (Å²) >= 11 is 0. The molecule has 6 heteroatoms. The van der Waals surface area contributed by atoms with Gasteiger partial charge in [0.15, 0.2) is 5.43 Å². The molecule has 0 bridgehead atoms. The molecule has 5 rings (SSSR count). The Bertz CT molecular complexity index is 1420. The Kier molecular flexibility index (Phi) is 5.16. The fourth-order valence-electron chi connectivity index (χ4n) is 4.61. The summed E-state index contributed by atoms with van der Waals surface area (Å²) in [5.74, 6) is -1.25. The third-order valence-electron chi connectivity index (χ3n) is 6.52. The lowest BCUT2D eigenvalue weighted by Crippen LogP contribution is -2.41. The molecule has 2 heterocycles. The Hall–Kier alpha value is -3.67. The van der Waals surface area contributed by atoms with E-state index >= 15 is 0 Å². The van der Waals surface area contributed by atoms with E-state index in [-0.39, 0.29) is 16.4 Å². The van der Waals surface area contributed by atoms with Gasteiger partial charge < -0.3 is 15.2 Å². The van der Waals surface area contributed by atoms with E-state index < -0.39 is 17.3 Å². The van der Waals surface area contributed by atoms with Crippen LogP contribution in [-0.4, -0.2) is 24.0 Å². The molecule has 1 saturated heterocycles. The molecule has 0 aliphatic carbocycles. The highest BCUT2D eigenvalue weighted by atomic mass is 19.1. The first kappa shape index (κ1) is 21.2. The molecule has 3 aromatic carbocycles. The lowest BCUT2D eigenvalue weighted by molar-refractivity contribution is 0.0908. The Morgan fingerprint density at radius 1 is 0.970 bits per heavy atom. The van der Waals surface area contributed by atoms with Gasteiger partial charge in [-0.2, -0.15) is 0 Å². The molecule has 0 radical (unpaired) electrons. The molecule has 0 atom stereocenters. The number of nitrogens with one attached hydrogen (secondary N) is 2. The van der Waals surface area contributed by atoms with Crippen LogP contribution in [0.1, 0.15) is 42.6 Å². The second kappa shape index (κ2) is 8.03. The normalized spacial score (nSPS) is 14.2. The SMILES string of the molecule is CC(C)(NC(=O)c1cc2[nH]c3ccccc3c(=O)c2cc1F)c1ccc(N2CCCC2)cc1. The molecular formula is C27H26FN3O2. The molecule has 1 aromatic heterocycles. The fraction of sp³-hybridized carbons (Fsp3) is 0.259. The van der Waals surface area contributed by atoms with Gasteiger partial charge >= 0.3 is 0 Å². The van der Waals surface area contributed by atoms with Gasteiger partial charge in [0, 0.05) is 35.1 Å². The zero-order valence-corrected chi connectivity index (χ0v) is 18.7. The number of halogens is 1. The van der Waals surface area contributed by atoms with E-state index in [9.17, 15) is 14.0 Å². The third-order valence-corrected chi connectivity index (χ3v) is 6.52. The average molecular weight is 444 g/mol. The Balaban J connectivity index is 1.44. The number of para-hydroxylation sites is 1. The first-order valence-corrected chi connectivity index (χ1v) is 11.3. The van der Waals surface area contributed by atoms with E-state index in [1.54, 1.807) is 18.2 Å². The van der Waals surface area contributed by atoms with Crippen LogP contribution < -0.4 is 15.6 Å². The first-order valence-electron chi connectivity index (χ1n) is 11.3.